The van der Waals surface area contributed by atoms with E-state index in [2.05, 4.69) is 15.6 Å². The van der Waals surface area contributed by atoms with Crippen molar-refractivity contribution in [2.75, 3.05) is 36.7 Å². The van der Waals surface area contributed by atoms with Crippen molar-refractivity contribution in [2.45, 2.75) is 45.3 Å². The number of carbonyl (C=O) groups is 2. The van der Waals surface area contributed by atoms with Gasteiger partial charge in [0.25, 0.3) is 11.6 Å². The van der Waals surface area contributed by atoms with Crippen LogP contribution in [-0.4, -0.2) is 49.8 Å². The van der Waals surface area contributed by atoms with E-state index >= 15 is 0 Å². The summed E-state index contributed by atoms with van der Waals surface area (Å²) in [4.78, 5) is 32.7. The molecule has 4 rings (SSSR count). The van der Waals surface area contributed by atoms with Crippen molar-refractivity contribution in [3.05, 3.63) is 84.1 Å². The molecule has 0 aliphatic carbocycles. The Morgan fingerprint density at radius 3 is 2.43 bits per heavy atom. The van der Waals surface area contributed by atoms with Gasteiger partial charge in [-0.25, -0.2) is 9.78 Å². The van der Waals surface area contributed by atoms with Crippen LogP contribution in [-0.2, 0) is 26.6 Å². The summed E-state index contributed by atoms with van der Waals surface area (Å²) < 4.78 is 58.2. The maximum atomic E-state index is 14.2. The highest BCUT2D eigenvalue weighted by atomic mass is 19.4. The molecule has 0 spiro atoms. The summed E-state index contributed by atoms with van der Waals surface area (Å²) in [5.41, 5.74) is 4.74. The fraction of sp³-hybridized carbons (Fsp3) is 0.303. The quantitative estimate of drug-likeness (QED) is 0.131. The third kappa shape index (κ3) is 7.71. The summed E-state index contributed by atoms with van der Waals surface area (Å²) in [6, 6.07) is 17.6. The summed E-state index contributed by atoms with van der Waals surface area (Å²) in [7, 11) is 3.69. The third-order valence-electron chi connectivity index (χ3n) is 6.81. The molecule has 1 amide bonds. The number of pyridine rings is 1. The fourth-order valence-corrected chi connectivity index (χ4v) is 4.67. The first-order valence-corrected chi connectivity index (χ1v) is 14.4. The third-order valence-corrected chi connectivity index (χ3v) is 6.81. The van der Waals surface area contributed by atoms with Crippen LogP contribution >= 0.6 is 0 Å². The first kappa shape index (κ1) is 33.7. The number of ether oxygens (including phenoxy) is 3. The number of esters is 1. The van der Waals surface area contributed by atoms with Crippen molar-refractivity contribution >= 4 is 39.8 Å². The smallest absolute Gasteiger partial charge is 0.490 e. The number of benzene rings is 3. The Labute approximate surface area is 264 Å². The number of nitrogen functional groups attached to an aromatic ring is 1. The zero-order valence-corrected chi connectivity index (χ0v) is 26.1. The highest BCUT2D eigenvalue weighted by Crippen LogP contribution is 2.38. The van der Waals surface area contributed by atoms with Crippen LogP contribution in [0.4, 0.5) is 30.4 Å². The molecule has 10 nitrogen and oxygen atoms in total. The van der Waals surface area contributed by atoms with Gasteiger partial charge in [-0.2, -0.15) is 13.2 Å². The topological polar surface area (TPSA) is 128 Å². The molecule has 1 unspecified atom stereocenters. The predicted molar refractivity (Wildman–Crippen MR) is 170 cm³/mol. The lowest BCUT2D eigenvalue weighted by molar-refractivity contribution is -0.213. The summed E-state index contributed by atoms with van der Waals surface area (Å²) in [5.74, 6) is -3.01. The number of amides is 1. The van der Waals surface area contributed by atoms with Crippen LogP contribution < -0.4 is 30.7 Å². The van der Waals surface area contributed by atoms with E-state index in [-0.39, 0.29) is 47.8 Å². The molecule has 0 saturated heterocycles. The van der Waals surface area contributed by atoms with E-state index in [1.54, 1.807) is 51.1 Å². The Morgan fingerprint density at radius 2 is 1.76 bits per heavy atom. The van der Waals surface area contributed by atoms with Crippen molar-refractivity contribution in [1.29, 1.82) is 0 Å². The first-order valence-electron chi connectivity index (χ1n) is 14.4. The van der Waals surface area contributed by atoms with E-state index in [0.29, 0.717) is 16.3 Å². The number of nitrogens with zero attached hydrogens (tertiary/aromatic N) is 2. The van der Waals surface area contributed by atoms with Crippen molar-refractivity contribution in [3.8, 4) is 11.5 Å². The molecule has 46 heavy (non-hydrogen) atoms. The van der Waals surface area contributed by atoms with Gasteiger partial charge in [0.15, 0.2) is 11.5 Å². The monoisotopic (exact) mass is 639 g/mol. The lowest BCUT2D eigenvalue weighted by atomic mass is 9.99. The number of anilines is 3. The number of fused-ring (bicyclic) bond motifs is 1. The lowest BCUT2D eigenvalue weighted by Gasteiger charge is -2.35. The van der Waals surface area contributed by atoms with Crippen LogP contribution in [0, 0.1) is 0 Å². The van der Waals surface area contributed by atoms with E-state index in [0.717, 1.165) is 5.69 Å². The van der Waals surface area contributed by atoms with Crippen LogP contribution in [0.3, 0.4) is 0 Å². The molecule has 244 valence electrons. The van der Waals surface area contributed by atoms with Crippen molar-refractivity contribution < 1.29 is 37.0 Å². The molecule has 0 radical (unpaired) electrons. The normalized spacial score (nSPS) is 12.7. The number of nitrogens with two attached hydrogens (primary N) is 1. The van der Waals surface area contributed by atoms with Crippen molar-refractivity contribution in [2.24, 2.45) is 0 Å². The molecule has 4 N–H and O–H groups in total. The average molecular weight is 640 g/mol. The molecule has 3 aromatic carbocycles. The van der Waals surface area contributed by atoms with Gasteiger partial charge in [0, 0.05) is 49.2 Å². The number of aromatic nitrogens is 1. The maximum absolute atomic E-state index is 14.2. The molecule has 1 atom stereocenters. The Balaban J connectivity index is 1.89. The second-order valence-electron chi connectivity index (χ2n) is 10.8. The number of halogens is 3. The number of hydrogen-bond donors (Lipinski definition) is 3. The molecular formula is C33H36F3N5O5. The molecule has 0 saturated carbocycles. The second kappa shape index (κ2) is 13.8. The van der Waals surface area contributed by atoms with Crippen LogP contribution in [0.2, 0.25) is 0 Å². The summed E-state index contributed by atoms with van der Waals surface area (Å²) in [5, 5.41) is 6.61. The lowest BCUT2D eigenvalue weighted by Crippen LogP contribution is -2.54. The molecule has 0 aliphatic heterocycles. The van der Waals surface area contributed by atoms with Crippen molar-refractivity contribution in [3.63, 3.8) is 0 Å². The largest absolute Gasteiger partial charge is 0.491 e. The first-order chi connectivity index (χ1) is 21.7. The fourth-order valence-electron chi connectivity index (χ4n) is 4.67. The van der Waals surface area contributed by atoms with Gasteiger partial charge in [-0.15, -0.1) is 0 Å². The standard InChI is InChI=1S/C33H36F3N5O5/c1-6-44-28-18-23(10-13-27(28)45-20(2)3)32(46-31(43)33(34,35)36,30(42)39-19-21-8-7-9-25(16-21)41(4)5)40-24-11-12-26-22(17-24)14-15-38-29(26)37/h7-18,20,40H,6,19H2,1-5H3,(H2,37,38)(H,39,42). The van der Waals surface area contributed by atoms with Crippen LogP contribution in [0.15, 0.2) is 72.9 Å². The Morgan fingerprint density at radius 1 is 1.00 bits per heavy atom. The molecule has 4 aromatic rings. The number of alkyl halides is 3. The van der Waals surface area contributed by atoms with Gasteiger partial charge in [0.1, 0.15) is 5.82 Å². The highest BCUT2D eigenvalue weighted by Gasteiger charge is 2.52. The molecule has 1 heterocycles. The zero-order chi connectivity index (χ0) is 33.6. The Bertz CT molecular complexity index is 1710. The summed E-state index contributed by atoms with van der Waals surface area (Å²) >= 11 is 0. The maximum Gasteiger partial charge on any atom is 0.491 e. The van der Waals surface area contributed by atoms with Crippen LogP contribution in [0.1, 0.15) is 31.9 Å². The number of carbonyl (C=O) groups excluding carboxylic acids is 2. The molecular weight excluding hydrogens is 603 g/mol. The zero-order valence-electron chi connectivity index (χ0n) is 26.1. The Hall–Kier alpha value is -5.20. The van der Waals surface area contributed by atoms with Crippen LogP contribution in [0.25, 0.3) is 10.8 Å². The molecule has 1 aromatic heterocycles. The van der Waals surface area contributed by atoms with Gasteiger partial charge in [-0.3, -0.25) is 4.79 Å². The highest BCUT2D eigenvalue weighted by molar-refractivity contribution is 5.95. The molecule has 0 fully saturated rings. The summed E-state index contributed by atoms with van der Waals surface area (Å²) in [6.07, 6.45) is -4.23. The minimum atomic E-state index is -5.43. The van der Waals surface area contributed by atoms with E-state index in [9.17, 15) is 22.8 Å². The second-order valence-corrected chi connectivity index (χ2v) is 10.8. The van der Waals surface area contributed by atoms with Gasteiger partial charge >= 0.3 is 12.1 Å². The van der Waals surface area contributed by atoms with E-state index in [4.69, 9.17) is 19.9 Å². The average Bonchev–Trinajstić information content (AvgIpc) is 3.00. The predicted octanol–water partition coefficient (Wildman–Crippen LogP) is 5.76. The minimum absolute atomic E-state index is 0.0969. The SMILES string of the molecule is CCOc1cc(C(Nc2ccc3c(N)nccc3c2)(OC(=O)C(F)(F)F)C(=O)NCc2cccc(N(C)C)c2)ccc1OC(C)C. The van der Waals surface area contributed by atoms with E-state index in [1.807, 2.05) is 31.1 Å². The molecule has 13 heteroatoms. The van der Waals surface area contributed by atoms with Gasteiger partial charge in [0.05, 0.1) is 12.7 Å². The molecule has 0 bridgehead atoms. The number of hydrogen-bond acceptors (Lipinski definition) is 9. The summed E-state index contributed by atoms with van der Waals surface area (Å²) in [6.45, 7) is 5.38. The number of nitrogens with one attached hydrogen (secondary N) is 2. The van der Waals surface area contributed by atoms with Crippen LogP contribution in [0.5, 0.6) is 11.5 Å². The minimum Gasteiger partial charge on any atom is -0.490 e. The van der Waals surface area contributed by atoms with Gasteiger partial charge < -0.3 is 35.5 Å². The van der Waals surface area contributed by atoms with Gasteiger partial charge in [-0.05, 0) is 86.3 Å². The van der Waals surface area contributed by atoms with Gasteiger partial charge in [0.2, 0.25) is 0 Å². The van der Waals surface area contributed by atoms with E-state index < -0.39 is 23.8 Å². The van der Waals surface area contributed by atoms with Crippen molar-refractivity contribution in [1.82, 2.24) is 10.3 Å². The number of rotatable bonds is 12. The van der Waals surface area contributed by atoms with Gasteiger partial charge in [-0.1, -0.05) is 12.1 Å². The van der Waals surface area contributed by atoms with E-state index in [1.165, 1.54) is 30.5 Å². The Kier molecular flexibility index (Phi) is 10.1. The molecule has 0 aliphatic rings.